The molecule has 0 aliphatic heterocycles. The lowest BCUT2D eigenvalue weighted by atomic mass is 9.95. The maximum absolute atomic E-state index is 12.6. The fourth-order valence-electron chi connectivity index (χ4n) is 2.29. The van der Waals surface area contributed by atoms with Gasteiger partial charge in [0.15, 0.2) is 5.78 Å². The Morgan fingerprint density at radius 1 is 1.04 bits per heavy atom. The number of carbonyl (C=O) groups excluding carboxylic acids is 3. The zero-order chi connectivity index (χ0) is 18.9. The summed E-state index contributed by atoms with van der Waals surface area (Å²) in [6.45, 7) is 3.61. The highest BCUT2D eigenvalue weighted by molar-refractivity contribution is 6.00. The molecule has 0 saturated carbocycles. The van der Waals surface area contributed by atoms with Gasteiger partial charge in [0.1, 0.15) is 5.69 Å². The third-order valence-corrected chi connectivity index (χ3v) is 4.01. The molecule has 26 heavy (non-hydrogen) atoms. The lowest BCUT2D eigenvalue weighted by molar-refractivity contribution is -0.121. The Bertz CT molecular complexity index is 752. The molecule has 0 aromatic carbocycles. The van der Waals surface area contributed by atoms with Crippen LogP contribution in [-0.2, 0) is 4.79 Å². The van der Waals surface area contributed by atoms with Crippen LogP contribution < -0.4 is 10.6 Å². The summed E-state index contributed by atoms with van der Waals surface area (Å²) < 4.78 is 0. The molecule has 2 aromatic heterocycles. The number of nitrogens with one attached hydrogen (secondary N) is 2. The van der Waals surface area contributed by atoms with Crippen molar-refractivity contribution in [1.29, 1.82) is 0 Å². The van der Waals surface area contributed by atoms with E-state index in [0.29, 0.717) is 12.0 Å². The van der Waals surface area contributed by atoms with Gasteiger partial charge in [-0.3, -0.25) is 24.4 Å². The lowest BCUT2D eigenvalue weighted by Crippen LogP contribution is -2.49. The number of amides is 2. The smallest absolute Gasteiger partial charge is 0.272 e. The number of carbonyl (C=O) groups is 3. The lowest BCUT2D eigenvalue weighted by Gasteiger charge is -2.23. The maximum Gasteiger partial charge on any atom is 0.272 e. The van der Waals surface area contributed by atoms with Crippen molar-refractivity contribution < 1.29 is 14.4 Å². The highest BCUT2D eigenvalue weighted by Crippen LogP contribution is 2.10. The molecule has 8 heteroatoms. The van der Waals surface area contributed by atoms with Crippen LogP contribution >= 0.6 is 0 Å². The molecule has 2 heterocycles. The van der Waals surface area contributed by atoms with Crippen molar-refractivity contribution in [2.45, 2.75) is 26.3 Å². The molecule has 2 atom stereocenters. The van der Waals surface area contributed by atoms with Crippen molar-refractivity contribution in [3.8, 4) is 0 Å². The summed E-state index contributed by atoms with van der Waals surface area (Å²) in [7, 11) is 0. The molecule has 0 fully saturated rings. The number of aromatic nitrogens is 3. The third-order valence-electron chi connectivity index (χ3n) is 4.01. The average molecular weight is 355 g/mol. The molecule has 8 nitrogen and oxygen atoms in total. The Balaban J connectivity index is 2.00. The minimum absolute atomic E-state index is 0.0963. The van der Waals surface area contributed by atoms with Crippen LogP contribution in [0.5, 0.6) is 0 Å². The number of rotatable bonds is 8. The van der Waals surface area contributed by atoms with Crippen LogP contribution in [0.3, 0.4) is 0 Å². The summed E-state index contributed by atoms with van der Waals surface area (Å²) in [4.78, 5) is 48.5. The Morgan fingerprint density at radius 2 is 1.77 bits per heavy atom. The second kappa shape index (κ2) is 9.36. The second-order valence-corrected chi connectivity index (χ2v) is 5.81. The van der Waals surface area contributed by atoms with Gasteiger partial charge in [0.25, 0.3) is 11.8 Å². The van der Waals surface area contributed by atoms with E-state index in [9.17, 15) is 14.4 Å². The van der Waals surface area contributed by atoms with Crippen LogP contribution in [0.2, 0.25) is 0 Å². The zero-order valence-corrected chi connectivity index (χ0v) is 14.7. The van der Waals surface area contributed by atoms with Crippen LogP contribution in [0, 0.1) is 5.92 Å². The van der Waals surface area contributed by atoms with Gasteiger partial charge >= 0.3 is 0 Å². The number of nitrogens with zero attached hydrogens (tertiary/aromatic N) is 3. The fourth-order valence-corrected chi connectivity index (χ4v) is 2.29. The van der Waals surface area contributed by atoms with Crippen molar-refractivity contribution >= 4 is 17.6 Å². The normalized spacial score (nSPS) is 12.7. The number of hydrogen-bond acceptors (Lipinski definition) is 6. The molecule has 0 aliphatic carbocycles. The van der Waals surface area contributed by atoms with Gasteiger partial charge < -0.3 is 10.6 Å². The second-order valence-electron chi connectivity index (χ2n) is 5.81. The molecule has 0 spiro atoms. The molecular weight excluding hydrogens is 334 g/mol. The number of Topliss-reactive ketones (excluding diaryl/α,β-unsaturated/α-hetero) is 1. The van der Waals surface area contributed by atoms with Crippen LogP contribution in [0.1, 0.15) is 41.1 Å². The Morgan fingerprint density at radius 3 is 2.38 bits per heavy atom. The van der Waals surface area contributed by atoms with Gasteiger partial charge in [-0.15, -0.1) is 0 Å². The Hall–Kier alpha value is -3.16. The van der Waals surface area contributed by atoms with E-state index in [4.69, 9.17) is 0 Å². The first kappa shape index (κ1) is 19.2. The number of pyridine rings is 1. The zero-order valence-electron chi connectivity index (χ0n) is 14.7. The topological polar surface area (TPSA) is 114 Å². The van der Waals surface area contributed by atoms with Gasteiger partial charge in [-0.1, -0.05) is 20.3 Å². The van der Waals surface area contributed by atoms with Crippen LogP contribution in [0.25, 0.3) is 0 Å². The van der Waals surface area contributed by atoms with Crippen molar-refractivity contribution in [3.63, 3.8) is 0 Å². The minimum Gasteiger partial charge on any atom is -0.345 e. The molecular formula is C18H21N5O3. The standard InChI is InChI=1S/C18H21N5O3/c1-3-12(2)16(23-18(26)14-10-20-8-9-21-14)15(24)11-22-17(25)13-4-6-19-7-5-13/h4-10,12,16H,3,11H2,1-2H3,(H,22,25)(H,23,26). The van der Waals surface area contributed by atoms with Gasteiger partial charge in [0.05, 0.1) is 18.8 Å². The fraction of sp³-hybridized carbons (Fsp3) is 0.333. The molecule has 0 radical (unpaired) electrons. The van der Waals surface area contributed by atoms with E-state index in [1.165, 1.54) is 31.0 Å². The number of ketones is 1. The monoisotopic (exact) mass is 355 g/mol. The molecule has 0 aliphatic rings. The highest BCUT2D eigenvalue weighted by Gasteiger charge is 2.26. The summed E-state index contributed by atoms with van der Waals surface area (Å²) in [5.41, 5.74) is 0.547. The molecule has 2 amide bonds. The summed E-state index contributed by atoms with van der Waals surface area (Å²) in [5.74, 6) is -1.22. The van der Waals surface area contributed by atoms with Crippen molar-refractivity contribution in [2.24, 2.45) is 5.92 Å². The van der Waals surface area contributed by atoms with Gasteiger partial charge in [-0.25, -0.2) is 4.98 Å². The first-order valence-corrected chi connectivity index (χ1v) is 8.30. The SMILES string of the molecule is CCC(C)C(NC(=O)c1cnccn1)C(=O)CNC(=O)c1ccncc1. The van der Waals surface area contributed by atoms with E-state index >= 15 is 0 Å². The minimum atomic E-state index is -0.729. The van der Waals surface area contributed by atoms with Crippen LogP contribution in [-0.4, -0.2) is 45.1 Å². The predicted octanol–water partition coefficient (Wildman–Crippen LogP) is 1.02. The summed E-state index contributed by atoms with van der Waals surface area (Å²) in [5, 5.41) is 5.27. The molecule has 2 rings (SSSR count). The molecule has 2 unspecified atom stereocenters. The average Bonchev–Trinajstić information content (AvgIpc) is 2.70. The molecule has 2 N–H and O–H groups in total. The molecule has 2 aromatic rings. The highest BCUT2D eigenvalue weighted by atomic mass is 16.2. The molecule has 0 saturated heterocycles. The van der Waals surface area contributed by atoms with Crippen molar-refractivity contribution in [3.05, 3.63) is 54.4 Å². The molecule has 0 bridgehead atoms. The van der Waals surface area contributed by atoms with E-state index in [2.05, 4.69) is 25.6 Å². The van der Waals surface area contributed by atoms with Gasteiger partial charge in [0.2, 0.25) is 0 Å². The van der Waals surface area contributed by atoms with E-state index in [1.54, 1.807) is 12.1 Å². The van der Waals surface area contributed by atoms with Crippen molar-refractivity contribution in [2.75, 3.05) is 6.54 Å². The van der Waals surface area contributed by atoms with Gasteiger partial charge in [-0.05, 0) is 18.1 Å². The largest absolute Gasteiger partial charge is 0.345 e. The van der Waals surface area contributed by atoms with Gasteiger partial charge in [-0.2, -0.15) is 0 Å². The first-order valence-electron chi connectivity index (χ1n) is 8.30. The summed E-state index contributed by atoms with van der Waals surface area (Å²) in [6, 6.07) is 2.39. The Labute approximate surface area is 151 Å². The van der Waals surface area contributed by atoms with Crippen molar-refractivity contribution in [1.82, 2.24) is 25.6 Å². The first-order chi connectivity index (χ1) is 12.5. The van der Waals surface area contributed by atoms with E-state index < -0.39 is 11.9 Å². The van der Waals surface area contributed by atoms with Gasteiger partial charge in [0, 0.05) is 30.4 Å². The van der Waals surface area contributed by atoms with E-state index in [0.717, 1.165) is 0 Å². The van der Waals surface area contributed by atoms with Crippen LogP contribution in [0.4, 0.5) is 0 Å². The van der Waals surface area contributed by atoms with Crippen LogP contribution in [0.15, 0.2) is 43.1 Å². The number of hydrogen-bond donors (Lipinski definition) is 2. The molecule has 136 valence electrons. The predicted molar refractivity (Wildman–Crippen MR) is 94.3 cm³/mol. The van der Waals surface area contributed by atoms with E-state index in [1.807, 2.05) is 13.8 Å². The summed E-state index contributed by atoms with van der Waals surface area (Å²) in [6.07, 6.45) is 7.89. The maximum atomic E-state index is 12.6. The quantitative estimate of drug-likeness (QED) is 0.731. The summed E-state index contributed by atoms with van der Waals surface area (Å²) >= 11 is 0. The van der Waals surface area contributed by atoms with E-state index in [-0.39, 0.29) is 29.8 Å². The Kier molecular flexibility index (Phi) is 6.90. The third kappa shape index (κ3) is 5.17.